The van der Waals surface area contributed by atoms with Gasteiger partial charge in [0.05, 0.1) is 41.3 Å². The Kier molecular flexibility index (Phi) is 7.74. The first-order valence-electron chi connectivity index (χ1n) is 14.6. The van der Waals surface area contributed by atoms with E-state index in [0.717, 1.165) is 68.5 Å². The summed E-state index contributed by atoms with van der Waals surface area (Å²) >= 11 is 0. The molecule has 3 aromatic carbocycles. The van der Waals surface area contributed by atoms with Gasteiger partial charge in [-0.15, -0.1) is 0 Å². The minimum absolute atomic E-state index is 0.135. The number of rotatable bonds is 9. The van der Waals surface area contributed by atoms with Crippen LogP contribution in [0.1, 0.15) is 58.5 Å². The van der Waals surface area contributed by atoms with Gasteiger partial charge in [-0.1, -0.05) is 18.2 Å². The number of carboxylic acids is 1. The molecule has 1 saturated heterocycles. The van der Waals surface area contributed by atoms with Crippen molar-refractivity contribution in [2.45, 2.75) is 45.1 Å². The van der Waals surface area contributed by atoms with Gasteiger partial charge in [0.1, 0.15) is 5.82 Å². The number of nitriles is 1. The normalized spacial score (nSPS) is 15.4. The summed E-state index contributed by atoms with van der Waals surface area (Å²) in [5, 5.41) is 29.9. The van der Waals surface area contributed by atoms with Crippen LogP contribution >= 0.6 is 0 Å². The summed E-state index contributed by atoms with van der Waals surface area (Å²) in [6.07, 6.45) is 4.25. The highest BCUT2D eigenvalue weighted by atomic mass is 19.1. The Balaban J connectivity index is 1.32. The van der Waals surface area contributed by atoms with E-state index in [-0.39, 0.29) is 22.5 Å². The van der Waals surface area contributed by atoms with E-state index in [1.807, 2.05) is 24.3 Å². The van der Waals surface area contributed by atoms with E-state index < -0.39 is 35.4 Å². The molecule has 0 spiro atoms. The van der Waals surface area contributed by atoms with Gasteiger partial charge in [-0.05, 0) is 80.1 Å². The minimum Gasteiger partial charge on any atom is -0.481 e. The van der Waals surface area contributed by atoms with Crippen molar-refractivity contribution in [2.24, 2.45) is 5.41 Å². The number of anilines is 3. The Morgan fingerprint density at radius 2 is 1.70 bits per heavy atom. The number of benzene rings is 3. The summed E-state index contributed by atoms with van der Waals surface area (Å²) in [4.78, 5) is 40.7. The van der Waals surface area contributed by atoms with Crippen LogP contribution < -0.4 is 15.5 Å². The number of hydrogen-bond donors (Lipinski definition) is 3. The molecule has 1 aliphatic heterocycles. The summed E-state index contributed by atoms with van der Waals surface area (Å²) in [5.74, 6) is -2.74. The first kappa shape index (κ1) is 28.9. The minimum atomic E-state index is -1.16. The molecule has 4 aromatic rings. The van der Waals surface area contributed by atoms with E-state index in [2.05, 4.69) is 26.7 Å². The fourth-order valence-electron chi connectivity index (χ4n) is 5.72. The summed E-state index contributed by atoms with van der Waals surface area (Å²) in [7, 11) is 0. The zero-order valence-corrected chi connectivity index (χ0v) is 24.0. The van der Waals surface area contributed by atoms with E-state index in [0.29, 0.717) is 17.6 Å². The van der Waals surface area contributed by atoms with Crippen LogP contribution in [0.2, 0.25) is 0 Å². The summed E-state index contributed by atoms with van der Waals surface area (Å²) < 4.78 is 15.6. The highest BCUT2D eigenvalue weighted by molar-refractivity contribution is 6.13. The number of aliphatic carboxylic acids is 1. The zero-order chi connectivity index (χ0) is 30.8. The smallest absolute Gasteiger partial charge is 0.307 e. The number of hydrogen-bond acceptors (Lipinski definition) is 6. The topological polar surface area (TPSA) is 140 Å². The van der Waals surface area contributed by atoms with E-state index in [1.165, 1.54) is 6.07 Å². The number of amides is 2. The average molecular weight is 595 g/mol. The number of para-hydroxylation sites is 1. The summed E-state index contributed by atoms with van der Waals surface area (Å²) in [6, 6.07) is 18.4. The van der Waals surface area contributed by atoms with Crippen LogP contribution in [-0.4, -0.2) is 45.8 Å². The third-order valence-electron chi connectivity index (χ3n) is 8.28. The van der Waals surface area contributed by atoms with Crippen LogP contribution in [0, 0.1) is 22.6 Å². The lowest BCUT2D eigenvalue weighted by molar-refractivity contribution is -0.136. The van der Waals surface area contributed by atoms with Crippen molar-refractivity contribution in [1.29, 1.82) is 5.26 Å². The third-order valence-corrected chi connectivity index (χ3v) is 8.28. The fourth-order valence-corrected chi connectivity index (χ4v) is 5.72. The molecule has 6 rings (SSSR count). The van der Waals surface area contributed by atoms with E-state index >= 15 is 0 Å². The lowest BCUT2D eigenvalue weighted by atomic mass is 10.1. The number of carboxylic acid groups (broad SMARTS) is 1. The first-order chi connectivity index (χ1) is 21.2. The van der Waals surface area contributed by atoms with Crippen molar-refractivity contribution in [3.8, 4) is 6.07 Å². The number of carbonyl (C=O) groups is 3. The second-order valence-corrected chi connectivity index (χ2v) is 11.5. The lowest BCUT2D eigenvalue weighted by Gasteiger charge is -2.30. The maximum Gasteiger partial charge on any atom is 0.307 e. The standard InChI is InChI=1S/C33H31FN6O4/c34-23-9-10-25(22(16-23)18-29(41)42)36-31(43)21-8-11-28(39-14-4-1-5-15-39)26(17-21)37-32(44)30-24-6-2-3-7-27(24)40(38-30)20-33(19-35)12-13-33/h2-3,6-11,16-17H,1,4-5,12-15,18,20H2,(H,36,43)(H,37,44)(H,41,42). The molecule has 0 bridgehead atoms. The molecule has 11 heteroatoms. The lowest BCUT2D eigenvalue weighted by Crippen LogP contribution is -2.30. The van der Waals surface area contributed by atoms with Gasteiger partial charge in [-0.25, -0.2) is 4.39 Å². The summed E-state index contributed by atoms with van der Waals surface area (Å²) in [6.45, 7) is 2.01. The van der Waals surface area contributed by atoms with Crippen LogP contribution in [0.25, 0.3) is 10.9 Å². The average Bonchev–Trinajstić information content (AvgIpc) is 3.71. The molecule has 10 nitrogen and oxygen atoms in total. The second kappa shape index (κ2) is 11.8. The van der Waals surface area contributed by atoms with Gasteiger partial charge in [-0.2, -0.15) is 10.4 Å². The van der Waals surface area contributed by atoms with Gasteiger partial charge in [-0.3, -0.25) is 19.1 Å². The largest absolute Gasteiger partial charge is 0.481 e. The van der Waals surface area contributed by atoms with Crippen molar-refractivity contribution in [3.05, 3.63) is 83.3 Å². The van der Waals surface area contributed by atoms with Gasteiger partial charge < -0.3 is 20.6 Å². The number of nitrogens with zero attached hydrogens (tertiary/aromatic N) is 4. The maximum atomic E-state index is 13.8. The van der Waals surface area contributed by atoms with Crippen LogP contribution in [0.15, 0.2) is 60.7 Å². The number of carbonyl (C=O) groups excluding carboxylic acids is 2. The predicted molar refractivity (Wildman–Crippen MR) is 163 cm³/mol. The number of fused-ring (bicyclic) bond motifs is 1. The van der Waals surface area contributed by atoms with Crippen LogP contribution in [0.3, 0.4) is 0 Å². The van der Waals surface area contributed by atoms with E-state index in [9.17, 15) is 29.1 Å². The zero-order valence-electron chi connectivity index (χ0n) is 24.0. The van der Waals surface area contributed by atoms with Crippen molar-refractivity contribution in [1.82, 2.24) is 9.78 Å². The Labute approximate surface area is 253 Å². The molecule has 224 valence electrons. The Bertz CT molecular complexity index is 1820. The van der Waals surface area contributed by atoms with Gasteiger partial charge in [0, 0.05) is 29.7 Å². The molecule has 44 heavy (non-hydrogen) atoms. The fraction of sp³-hybridized carbons (Fsp3) is 0.303. The second-order valence-electron chi connectivity index (χ2n) is 11.5. The Hall–Kier alpha value is -5.24. The number of halogens is 1. The number of nitrogens with one attached hydrogen (secondary N) is 2. The quantitative estimate of drug-likeness (QED) is 0.229. The molecular formula is C33H31FN6O4. The van der Waals surface area contributed by atoms with Gasteiger partial charge in [0.25, 0.3) is 11.8 Å². The number of piperidine rings is 1. The molecule has 2 fully saturated rings. The van der Waals surface area contributed by atoms with Crippen LogP contribution in [0.5, 0.6) is 0 Å². The highest BCUT2D eigenvalue weighted by Gasteiger charge is 2.44. The summed E-state index contributed by atoms with van der Waals surface area (Å²) in [5.41, 5.74) is 2.28. The molecule has 0 radical (unpaired) electrons. The Morgan fingerprint density at radius 3 is 2.43 bits per heavy atom. The molecule has 1 aromatic heterocycles. The van der Waals surface area contributed by atoms with E-state index in [4.69, 9.17) is 0 Å². The number of aromatic nitrogens is 2. The Morgan fingerprint density at radius 1 is 0.955 bits per heavy atom. The van der Waals surface area contributed by atoms with Gasteiger partial charge in [0.2, 0.25) is 0 Å². The molecular weight excluding hydrogens is 563 g/mol. The first-order valence-corrected chi connectivity index (χ1v) is 14.6. The molecule has 0 unspecified atom stereocenters. The van der Waals surface area contributed by atoms with Gasteiger partial charge >= 0.3 is 5.97 Å². The van der Waals surface area contributed by atoms with E-state index in [1.54, 1.807) is 22.9 Å². The molecule has 2 amide bonds. The monoisotopic (exact) mass is 594 g/mol. The SMILES string of the molecule is N#CC1(Cn2nc(C(=O)Nc3cc(C(=O)Nc4ccc(F)cc4CC(=O)O)ccc3N3CCCCC3)c3ccccc32)CC1. The van der Waals surface area contributed by atoms with Crippen molar-refractivity contribution in [3.63, 3.8) is 0 Å². The van der Waals surface area contributed by atoms with Crippen LogP contribution in [0.4, 0.5) is 21.5 Å². The molecule has 2 heterocycles. The molecule has 1 saturated carbocycles. The maximum absolute atomic E-state index is 13.8. The predicted octanol–water partition coefficient (Wildman–Crippen LogP) is 5.60. The van der Waals surface area contributed by atoms with Gasteiger partial charge in [0.15, 0.2) is 5.69 Å². The third kappa shape index (κ3) is 5.97. The molecule has 3 N–H and O–H groups in total. The molecule has 1 aliphatic carbocycles. The molecule has 2 aliphatic rings. The molecule has 0 atom stereocenters. The highest BCUT2D eigenvalue weighted by Crippen LogP contribution is 2.46. The van der Waals surface area contributed by atoms with Crippen molar-refractivity contribution in [2.75, 3.05) is 28.6 Å². The van der Waals surface area contributed by atoms with Crippen molar-refractivity contribution < 1.29 is 23.9 Å². The van der Waals surface area contributed by atoms with Crippen molar-refractivity contribution >= 4 is 45.7 Å². The van der Waals surface area contributed by atoms with Crippen LogP contribution in [-0.2, 0) is 17.8 Å².